The number of nitrogens with one attached hydrogen (secondary N) is 1. The number of nitrogens with two attached hydrogens (primary N) is 1. The van der Waals surface area contributed by atoms with Crippen LogP contribution in [0, 0.1) is 0 Å². The van der Waals surface area contributed by atoms with E-state index in [0.29, 0.717) is 11.6 Å². The third-order valence-corrected chi connectivity index (χ3v) is 4.27. The summed E-state index contributed by atoms with van der Waals surface area (Å²) in [5.41, 5.74) is 8.91. The quantitative estimate of drug-likeness (QED) is 0.839. The molecular weight excluding hydrogens is 292 g/mol. The van der Waals surface area contributed by atoms with E-state index >= 15 is 0 Å². The summed E-state index contributed by atoms with van der Waals surface area (Å²) in [5, 5.41) is 3.39. The first-order valence-corrected chi connectivity index (χ1v) is 7.96. The molecule has 1 fully saturated rings. The number of anilines is 2. The fourth-order valence-corrected chi connectivity index (χ4v) is 3.04. The maximum Gasteiger partial charge on any atom is 0.163 e. The lowest BCUT2D eigenvalue weighted by Gasteiger charge is -2.31. The van der Waals surface area contributed by atoms with Gasteiger partial charge in [-0.15, -0.1) is 0 Å². The molecule has 7 heteroatoms. The summed E-state index contributed by atoms with van der Waals surface area (Å²) < 4.78 is 5.47. The average molecular weight is 312 g/mol. The molecular formula is C16H20N6O. The van der Waals surface area contributed by atoms with E-state index in [1.165, 1.54) is 5.56 Å². The smallest absolute Gasteiger partial charge is 0.163 e. The van der Waals surface area contributed by atoms with Gasteiger partial charge in [0, 0.05) is 37.0 Å². The molecule has 1 saturated heterocycles. The standard InChI is InChI=1S/C16H20N6O/c17-14-2-1-11(9-19-14)15-20-13-10-18-4-3-12(13)16(21-15)22-5-7-23-8-6-22/h1-2,9,18H,3-8,10H2,(H2,17,19). The zero-order chi connectivity index (χ0) is 15.6. The second kappa shape index (κ2) is 6.10. The minimum atomic E-state index is 0.502. The lowest BCUT2D eigenvalue weighted by atomic mass is 10.1. The SMILES string of the molecule is Nc1ccc(-c2nc3c(c(N4CCOCC4)n2)CCNC3)cn1. The molecule has 0 atom stereocenters. The number of hydrogen-bond donors (Lipinski definition) is 2. The summed E-state index contributed by atoms with van der Waals surface area (Å²) >= 11 is 0. The monoisotopic (exact) mass is 312 g/mol. The molecule has 23 heavy (non-hydrogen) atoms. The second-order valence-corrected chi connectivity index (χ2v) is 5.79. The largest absolute Gasteiger partial charge is 0.384 e. The molecule has 4 rings (SSSR count). The fourth-order valence-electron chi connectivity index (χ4n) is 3.04. The normalized spacial score (nSPS) is 17.8. The van der Waals surface area contributed by atoms with Crippen LogP contribution in [-0.4, -0.2) is 47.8 Å². The van der Waals surface area contributed by atoms with Crippen LogP contribution in [0.1, 0.15) is 11.3 Å². The summed E-state index contributed by atoms with van der Waals surface area (Å²) in [5.74, 6) is 2.26. The van der Waals surface area contributed by atoms with E-state index in [4.69, 9.17) is 20.4 Å². The van der Waals surface area contributed by atoms with Crippen LogP contribution >= 0.6 is 0 Å². The van der Waals surface area contributed by atoms with Gasteiger partial charge in [-0.1, -0.05) is 0 Å². The summed E-state index contributed by atoms with van der Waals surface area (Å²) in [6.45, 7) is 4.99. The van der Waals surface area contributed by atoms with Gasteiger partial charge < -0.3 is 20.7 Å². The van der Waals surface area contributed by atoms with E-state index in [0.717, 1.165) is 62.9 Å². The van der Waals surface area contributed by atoms with Crippen molar-refractivity contribution in [3.8, 4) is 11.4 Å². The van der Waals surface area contributed by atoms with Crippen LogP contribution in [0.25, 0.3) is 11.4 Å². The Morgan fingerprint density at radius 1 is 1.17 bits per heavy atom. The van der Waals surface area contributed by atoms with E-state index in [1.807, 2.05) is 6.07 Å². The number of hydrogen-bond acceptors (Lipinski definition) is 7. The van der Waals surface area contributed by atoms with Gasteiger partial charge in [-0.3, -0.25) is 0 Å². The van der Waals surface area contributed by atoms with Crippen LogP contribution in [0.4, 0.5) is 11.6 Å². The Labute approximate surface area is 134 Å². The van der Waals surface area contributed by atoms with E-state index in [-0.39, 0.29) is 0 Å². The number of fused-ring (bicyclic) bond motifs is 1. The average Bonchev–Trinajstić information content (AvgIpc) is 2.62. The van der Waals surface area contributed by atoms with Crippen LogP contribution < -0.4 is 16.0 Å². The zero-order valence-corrected chi connectivity index (χ0v) is 13.0. The molecule has 0 aliphatic carbocycles. The van der Waals surface area contributed by atoms with Gasteiger partial charge in [-0.25, -0.2) is 15.0 Å². The first kappa shape index (κ1) is 14.3. The van der Waals surface area contributed by atoms with Gasteiger partial charge >= 0.3 is 0 Å². The number of rotatable bonds is 2. The van der Waals surface area contributed by atoms with Gasteiger partial charge in [0.25, 0.3) is 0 Å². The van der Waals surface area contributed by atoms with E-state index in [2.05, 4.69) is 15.2 Å². The van der Waals surface area contributed by atoms with Gasteiger partial charge in [-0.05, 0) is 25.1 Å². The third kappa shape index (κ3) is 2.85. The maximum atomic E-state index is 5.68. The second-order valence-electron chi connectivity index (χ2n) is 5.79. The molecule has 0 saturated carbocycles. The molecule has 4 heterocycles. The number of pyridine rings is 1. The highest BCUT2D eigenvalue weighted by atomic mass is 16.5. The minimum absolute atomic E-state index is 0.502. The maximum absolute atomic E-state index is 5.68. The summed E-state index contributed by atoms with van der Waals surface area (Å²) in [4.78, 5) is 16.1. The van der Waals surface area contributed by atoms with Crippen molar-refractivity contribution in [1.82, 2.24) is 20.3 Å². The zero-order valence-electron chi connectivity index (χ0n) is 13.0. The highest BCUT2D eigenvalue weighted by molar-refractivity contribution is 5.61. The summed E-state index contributed by atoms with van der Waals surface area (Å²) in [7, 11) is 0. The molecule has 0 spiro atoms. The van der Waals surface area contributed by atoms with Crippen LogP contribution in [0.15, 0.2) is 18.3 Å². The van der Waals surface area contributed by atoms with Gasteiger partial charge in [0.1, 0.15) is 11.6 Å². The van der Waals surface area contributed by atoms with Gasteiger partial charge in [0.15, 0.2) is 5.82 Å². The molecule has 2 aliphatic rings. The third-order valence-electron chi connectivity index (χ3n) is 4.27. The molecule has 3 N–H and O–H groups in total. The lowest BCUT2D eigenvalue weighted by molar-refractivity contribution is 0.122. The lowest BCUT2D eigenvalue weighted by Crippen LogP contribution is -2.39. The molecule has 7 nitrogen and oxygen atoms in total. The van der Waals surface area contributed by atoms with Crippen LogP contribution in [0.5, 0.6) is 0 Å². The van der Waals surface area contributed by atoms with Crippen molar-refractivity contribution in [3.05, 3.63) is 29.6 Å². The van der Waals surface area contributed by atoms with Gasteiger partial charge in [0.2, 0.25) is 0 Å². The number of ether oxygens (including phenoxy) is 1. The van der Waals surface area contributed by atoms with Crippen molar-refractivity contribution >= 4 is 11.6 Å². The van der Waals surface area contributed by atoms with Gasteiger partial charge in [0.05, 0.1) is 18.9 Å². The van der Waals surface area contributed by atoms with Gasteiger partial charge in [-0.2, -0.15) is 0 Å². The van der Waals surface area contributed by atoms with E-state index in [9.17, 15) is 0 Å². The van der Waals surface area contributed by atoms with Crippen molar-refractivity contribution in [2.24, 2.45) is 0 Å². The minimum Gasteiger partial charge on any atom is -0.384 e. The molecule has 120 valence electrons. The van der Waals surface area contributed by atoms with Crippen molar-refractivity contribution in [3.63, 3.8) is 0 Å². The van der Waals surface area contributed by atoms with Crippen molar-refractivity contribution in [2.75, 3.05) is 43.5 Å². The first-order valence-electron chi connectivity index (χ1n) is 7.96. The Hall–Kier alpha value is -2.25. The topological polar surface area (TPSA) is 89.2 Å². The van der Waals surface area contributed by atoms with Crippen molar-refractivity contribution in [2.45, 2.75) is 13.0 Å². The highest BCUT2D eigenvalue weighted by Crippen LogP contribution is 2.28. The number of nitrogens with zero attached hydrogens (tertiary/aromatic N) is 4. The Kier molecular flexibility index (Phi) is 3.80. The highest BCUT2D eigenvalue weighted by Gasteiger charge is 2.23. The first-order chi connectivity index (χ1) is 11.3. The molecule has 0 aromatic carbocycles. The Morgan fingerprint density at radius 3 is 2.83 bits per heavy atom. The number of aromatic nitrogens is 3. The fraction of sp³-hybridized carbons (Fsp3) is 0.438. The van der Waals surface area contributed by atoms with E-state index in [1.54, 1.807) is 12.3 Å². The molecule has 2 aromatic rings. The molecule has 2 aliphatic heterocycles. The molecule has 0 bridgehead atoms. The van der Waals surface area contributed by atoms with Crippen LogP contribution in [0.2, 0.25) is 0 Å². The summed E-state index contributed by atoms with van der Waals surface area (Å²) in [6, 6.07) is 3.70. The predicted molar refractivity (Wildman–Crippen MR) is 88.1 cm³/mol. The van der Waals surface area contributed by atoms with E-state index < -0.39 is 0 Å². The Balaban J connectivity index is 1.79. The van der Waals surface area contributed by atoms with Crippen molar-refractivity contribution in [1.29, 1.82) is 0 Å². The predicted octanol–water partition coefficient (Wildman–Crippen LogP) is 0.603. The van der Waals surface area contributed by atoms with Crippen LogP contribution in [0.3, 0.4) is 0 Å². The Morgan fingerprint density at radius 2 is 2.04 bits per heavy atom. The molecule has 0 radical (unpaired) electrons. The van der Waals surface area contributed by atoms with Crippen molar-refractivity contribution < 1.29 is 4.74 Å². The van der Waals surface area contributed by atoms with Crippen LogP contribution in [-0.2, 0) is 17.7 Å². The number of nitrogen functional groups attached to an aromatic ring is 1. The summed E-state index contributed by atoms with van der Waals surface area (Å²) in [6.07, 6.45) is 2.69. The molecule has 0 unspecified atom stereocenters. The number of morpholine rings is 1. The Bertz CT molecular complexity index is 696. The molecule has 0 amide bonds. The molecule has 2 aromatic heterocycles.